The van der Waals surface area contributed by atoms with Crippen molar-refractivity contribution in [3.8, 4) is 0 Å². The molecule has 0 bridgehead atoms. The number of rotatable bonds is 4. The third-order valence-electron chi connectivity index (χ3n) is 4.37. The van der Waals surface area contributed by atoms with E-state index in [2.05, 4.69) is 55.3 Å². The lowest BCUT2D eigenvalue weighted by Crippen LogP contribution is -2.45. The summed E-state index contributed by atoms with van der Waals surface area (Å²) in [7, 11) is 0. The highest BCUT2D eigenvalue weighted by atomic mass is 32.1. The van der Waals surface area contributed by atoms with Crippen molar-refractivity contribution in [1.29, 1.82) is 0 Å². The van der Waals surface area contributed by atoms with Crippen molar-refractivity contribution in [1.82, 2.24) is 25.0 Å². The summed E-state index contributed by atoms with van der Waals surface area (Å²) < 4.78 is 0. The summed E-state index contributed by atoms with van der Waals surface area (Å²) in [6, 6.07) is 10.7. The van der Waals surface area contributed by atoms with Gasteiger partial charge in [0, 0.05) is 43.9 Å². The first kappa shape index (κ1) is 14.8. The number of hydrogen-bond acceptors (Lipinski definition) is 5. The smallest absolute Gasteiger partial charge is 0.131 e. The van der Waals surface area contributed by atoms with E-state index in [1.807, 2.05) is 6.92 Å². The SMILES string of the molecule is Cc1nnc(CN2CCN(Cc3cc4ccccc4[nH]3)CC2)s1. The van der Waals surface area contributed by atoms with Gasteiger partial charge in [-0.1, -0.05) is 18.2 Å². The van der Waals surface area contributed by atoms with E-state index >= 15 is 0 Å². The number of hydrogen-bond donors (Lipinski definition) is 1. The Morgan fingerprint density at radius 2 is 1.78 bits per heavy atom. The maximum absolute atomic E-state index is 4.23. The van der Waals surface area contributed by atoms with Crippen LogP contribution in [-0.2, 0) is 13.1 Å². The maximum atomic E-state index is 4.23. The highest BCUT2D eigenvalue weighted by Crippen LogP contribution is 2.17. The molecule has 23 heavy (non-hydrogen) atoms. The fraction of sp³-hybridized carbons (Fsp3) is 0.412. The van der Waals surface area contributed by atoms with Gasteiger partial charge in [0.25, 0.3) is 0 Å². The van der Waals surface area contributed by atoms with E-state index in [1.165, 1.54) is 16.6 Å². The lowest BCUT2D eigenvalue weighted by molar-refractivity contribution is 0.121. The molecule has 1 N–H and O–H groups in total. The molecule has 5 nitrogen and oxygen atoms in total. The number of fused-ring (bicyclic) bond motifs is 1. The number of nitrogens with zero attached hydrogens (tertiary/aromatic N) is 4. The molecule has 0 spiro atoms. The van der Waals surface area contributed by atoms with Crippen molar-refractivity contribution in [2.45, 2.75) is 20.0 Å². The van der Waals surface area contributed by atoms with Crippen molar-refractivity contribution in [2.75, 3.05) is 26.2 Å². The van der Waals surface area contributed by atoms with Crippen LogP contribution in [0, 0.1) is 6.92 Å². The molecule has 120 valence electrons. The molecule has 0 aliphatic carbocycles. The van der Waals surface area contributed by atoms with E-state index in [4.69, 9.17) is 0 Å². The third kappa shape index (κ3) is 3.44. The van der Waals surface area contributed by atoms with E-state index < -0.39 is 0 Å². The zero-order chi connectivity index (χ0) is 15.6. The van der Waals surface area contributed by atoms with Crippen LogP contribution in [0.2, 0.25) is 0 Å². The maximum Gasteiger partial charge on any atom is 0.131 e. The van der Waals surface area contributed by atoms with Crippen LogP contribution in [0.25, 0.3) is 10.9 Å². The van der Waals surface area contributed by atoms with Crippen molar-refractivity contribution in [3.63, 3.8) is 0 Å². The molecule has 4 rings (SSSR count). The quantitative estimate of drug-likeness (QED) is 0.800. The average Bonchev–Trinajstić information content (AvgIpc) is 3.14. The van der Waals surface area contributed by atoms with E-state index in [1.54, 1.807) is 11.3 Å². The summed E-state index contributed by atoms with van der Waals surface area (Å²) in [5, 5.41) is 11.8. The van der Waals surface area contributed by atoms with Crippen molar-refractivity contribution in [2.24, 2.45) is 0 Å². The lowest BCUT2D eigenvalue weighted by Gasteiger charge is -2.33. The first-order valence-electron chi connectivity index (χ1n) is 8.06. The molecule has 3 heterocycles. The zero-order valence-electron chi connectivity index (χ0n) is 13.3. The van der Waals surface area contributed by atoms with Crippen molar-refractivity contribution < 1.29 is 0 Å². The van der Waals surface area contributed by atoms with Crippen LogP contribution in [0.5, 0.6) is 0 Å². The summed E-state index contributed by atoms with van der Waals surface area (Å²) in [6.45, 7) is 8.35. The number of para-hydroxylation sites is 1. The van der Waals surface area contributed by atoms with Gasteiger partial charge < -0.3 is 4.98 Å². The normalized spacial score (nSPS) is 17.1. The number of nitrogens with one attached hydrogen (secondary N) is 1. The first-order valence-corrected chi connectivity index (χ1v) is 8.88. The molecule has 1 aromatic carbocycles. The van der Waals surface area contributed by atoms with Crippen LogP contribution in [-0.4, -0.2) is 51.2 Å². The second-order valence-corrected chi connectivity index (χ2v) is 7.42. The average molecular weight is 327 g/mol. The fourth-order valence-corrected chi connectivity index (χ4v) is 3.91. The Morgan fingerprint density at radius 1 is 1.04 bits per heavy atom. The van der Waals surface area contributed by atoms with Crippen LogP contribution < -0.4 is 0 Å². The molecular weight excluding hydrogens is 306 g/mol. The monoisotopic (exact) mass is 327 g/mol. The highest BCUT2D eigenvalue weighted by molar-refractivity contribution is 7.11. The topological polar surface area (TPSA) is 48.1 Å². The second-order valence-electron chi connectivity index (χ2n) is 6.15. The summed E-state index contributed by atoms with van der Waals surface area (Å²) in [4.78, 5) is 8.52. The van der Waals surface area contributed by atoms with Gasteiger partial charge in [-0.25, -0.2) is 0 Å². The third-order valence-corrected chi connectivity index (χ3v) is 5.19. The van der Waals surface area contributed by atoms with Gasteiger partial charge in [0.15, 0.2) is 0 Å². The molecule has 1 fully saturated rings. The Kier molecular flexibility index (Phi) is 4.11. The predicted octanol–water partition coefficient (Wildman–Crippen LogP) is 2.65. The summed E-state index contributed by atoms with van der Waals surface area (Å²) >= 11 is 1.70. The molecule has 1 saturated heterocycles. The Hall–Kier alpha value is -1.76. The largest absolute Gasteiger partial charge is 0.357 e. The van der Waals surface area contributed by atoms with Crippen LogP contribution in [0.15, 0.2) is 30.3 Å². The van der Waals surface area contributed by atoms with Gasteiger partial charge in [0.2, 0.25) is 0 Å². The molecule has 3 aromatic rings. The lowest BCUT2D eigenvalue weighted by atomic mass is 10.2. The highest BCUT2D eigenvalue weighted by Gasteiger charge is 2.18. The molecule has 1 aliphatic rings. The van der Waals surface area contributed by atoms with E-state index in [9.17, 15) is 0 Å². The Morgan fingerprint density at radius 3 is 2.48 bits per heavy atom. The number of aromatic nitrogens is 3. The van der Waals surface area contributed by atoms with E-state index in [0.717, 1.165) is 49.3 Å². The zero-order valence-corrected chi connectivity index (χ0v) is 14.1. The van der Waals surface area contributed by atoms with Crippen LogP contribution in [0.1, 0.15) is 15.7 Å². The number of aromatic amines is 1. The minimum atomic E-state index is 0.936. The van der Waals surface area contributed by atoms with Crippen LogP contribution in [0.3, 0.4) is 0 Å². The van der Waals surface area contributed by atoms with Crippen LogP contribution in [0.4, 0.5) is 0 Å². The Labute approximate surface area is 139 Å². The number of H-pyrrole nitrogens is 1. The Bertz CT molecular complexity index is 752. The molecular formula is C17H21N5S. The van der Waals surface area contributed by atoms with Gasteiger partial charge in [-0.05, 0) is 24.4 Å². The van der Waals surface area contributed by atoms with Crippen molar-refractivity contribution >= 4 is 22.2 Å². The van der Waals surface area contributed by atoms with Gasteiger partial charge in [-0.15, -0.1) is 21.5 Å². The minimum Gasteiger partial charge on any atom is -0.357 e. The number of aryl methyl sites for hydroxylation is 1. The molecule has 2 aromatic heterocycles. The molecule has 0 unspecified atom stereocenters. The molecule has 6 heteroatoms. The molecule has 0 saturated carbocycles. The van der Waals surface area contributed by atoms with Crippen LogP contribution >= 0.6 is 11.3 Å². The van der Waals surface area contributed by atoms with Crippen molar-refractivity contribution in [3.05, 3.63) is 46.0 Å². The molecule has 0 radical (unpaired) electrons. The first-order chi connectivity index (χ1) is 11.3. The molecule has 1 aliphatic heterocycles. The number of benzene rings is 1. The van der Waals surface area contributed by atoms with E-state index in [0.29, 0.717) is 0 Å². The van der Waals surface area contributed by atoms with Gasteiger partial charge in [-0.2, -0.15) is 0 Å². The van der Waals surface area contributed by atoms with Gasteiger partial charge in [0.1, 0.15) is 10.0 Å². The van der Waals surface area contributed by atoms with E-state index in [-0.39, 0.29) is 0 Å². The standard InChI is InChI=1S/C17H21N5S/c1-13-19-20-17(23-13)12-22-8-6-21(7-9-22)11-15-10-14-4-2-3-5-16(14)18-15/h2-5,10,18H,6-9,11-12H2,1H3. The Balaban J connectivity index is 1.32. The van der Waals surface area contributed by atoms with Gasteiger partial charge in [0.05, 0.1) is 6.54 Å². The molecule has 0 amide bonds. The fourth-order valence-electron chi connectivity index (χ4n) is 3.16. The summed E-state index contributed by atoms with van der Waals surface area (Å²) in [6.07, 6.45) is 0. The summed E-state index contributed by atoms with van der Waals surface area (Å²) in [5.74, 6) is 0. The number of piperazine rings is 1. The summed E-state index contributed by atoms with van der Waals surface area (Å²) in [5.41, 5.74) is 2.53. The minimum absolute atomic E-state index is 0.936. The van der Waals surface area contributed by atoms with Gasteiger partial charge in [-0.3, -0.25) is 9.80 Å². The van der Waals surface area contributed by atoms with Gasteiger partial charge >= 0.3 is 0 Å². The second kappa shape index (κ2) is 6.39. The predicted molar refractivity (Wildman–Crippen MR) is 93.5 cm³/mol. The molecule has 0 atom stereocenters.